The van der Waals surface area contributed by atoms with Crippen LogP contribution in [0, 0.1) is 11.3 Å². The Hall–Kier alpha value is -3.76. The monoisotopic (exact) mass is 618 g/mol. The molecule has 242 valence electrons. The Morgan fingerprint density at radius 2 is 1.69 bits per heavy atom. The number of ether oxygens (including phenoxy) is 1. The Labute approximate surface area is 265 Å². The molecule has 5 rings (SSSR count). The van der Waals surface area contributed by atoms with Crippen LogP contribution in [0.3, 0.4) is 0 Å². The van der Waals surface area contributed by atoms with Gasteiger partial charge in [0.1, 0.15) is 17.2 Å². The third-order valence-corrected chi connectivity index (χ3v) is 9.22. The minimum absolute atomic E-state index is 0.144. The fourth-order valence-corrected chi connectivity index (χ4v) is 6.90. The first-order chi connectivity index (χ1) is 21.0. The number of aliphatic carboxylic acids is 1. The highest BCUT2D eigenvalue weighted by Gasteiger charge is 2.61. The number of carboxylic acids is 1. The lowest BCUT2D eigenvalue weighted by molar-refractivity contribution is -0.154. The summed E-state index contributed by atoms with van der Waals surface area (Å²) >= 11 is 0. The van der Waals surface area contributed by atoms with E-state index in [2.05, 4.69) is 46.4 Å². The van der Waals surface area contributed by atoms with Crippen molar-refractivity contribution in [3.05, 3.63) is 60.2 Å². The number of carboxylic acid groups (broad SMARTS) is 1. The molecule has 1 saturated heterocycles. The number of esters is 1. The van der Waals surface area contributed by atoms with E-state index < -0.39 is 46.5 Å². The predicted molar refractivity (Wildman–Crippen MR) is 171 cm³/mol. The average molecular weight is 619 g/mol. The van der Waals surface area contributed by atoms with Crippen molar-refractivity contribution in [3.63, 3.8) is 0 Å². The molecule has 1 saturated carbocycles. The van der Waals surface area contributed by atoms with Gasteiger partial charge in [0.15, 0.2) is 0 Å². The van der Waals surface area contributed by atoms with Gasteiger partial charge in [-0.1, -0.05) is 63.2 Å². The Morgan fingerprint density at radius 3 is 2.20 bits per heavy atom. The minimum atomic E-state index is -1.41. The van der Waals surface area contributed by atoms with Gasteiger partial charge in [-0.3, -0.25) is 24.6 Å². The molecule has 2 aromatic carbocycles. The first kappa shape index (κ1) is 32.6. The highest BCUT2D eigenvalue weighted by Crippen LogP contribution is 2.45. The van der Waals surface area contributed by atoms with Crippen LogP contribution < -0.4 is 10.6 Å². The third kappa shape index (κ3) is 6.63. The molecule has 1 aliphatic carbocycles. The third-order valence-electron chi connectivity index (χ3n) is 9.22. The summed E-state index contributed by atoms with van der Waals surface area (Å²) in [5.41, 5.74) is -0.296. The number of likely N-dealkylation sites (tertiary alicyclic amines) is 1. The van der Waals surface area contributed by atoms with E-state index in [-0.39, 0.29) is 30.8 Å². The van der Waals surface area contributed by atoms with Gasteiger partial charge >= 0.3 is 11.9 Å². The molecule has 45 heavy (non-hydrogen) atoms. The lowest BCUT2D eigenvalue weighted by Gasteiger charge is -2.36. The fraction of sp³-hybridized carbons (Fsp3) is 0.543. The molecule has 5 atom stereocenters. The predicted octanol–water partition coefficient (Wildman–Crippen LogP) is 3.62. The van der Waals surface area contributed by atoms with E-state index in [1.807, 2.05) is 32.9 Å². The van der Waals surface area contributed by atoms with Gasteiger partial charge in [0, 0.05) is 31.6 Å². The Bertz CT molecular complexity index is 1480. The van der Waals surface area contributed by atoms with Gasteiger partial charge in [-0.15, -0.1) is 6.58 Å². The molecule has 2 aromatic rings. The van der Waals surface area contributed by atoms with Crippen molar-refractivity contribution >= 4 is 34.5 Å². The van der Waals surface area contributed by atoms with E-state index in [1.54, 1.807) is 31.7 Å². The number of carbonyl (C=O) groups excluding carboxylic acids is 3. The lowest BCUT2D eigenvalue weighted by Crippen LogP contribution is -2.59. The molecular formula is C35H46N4O6. The molecule has 3 N–H and O–H groups in total. The quantitative estimate of drug-likeness (QED) is 0.287. The maximum Gasteiger partial charge on any atom is 0.330 e. The Balaban J connectivity index is 1.42. The molecule has 0 radical (unpaired) electrons. The molecule has 2 aliphatic heterocycles. The largest absolute Gasteiger partial charge is 0.479 e. The molecule has 2 heterocycles. The minimum Gasteiger partial charge on any atom is -0.479 e. The summed E-state index contributed by atoms with van der Waals surface area (Å²) in [7, 11) is 0. The van der Waals surface area contributed by atoms with Gasteiger partial charge in [0.2, 0.25) is 11.8 Å². The van der Waals surface area contributed by atoms with Crippen molar-refractivity contribution < 1.29 is 29.0 Å². The van der Waals surface area contributed by atoms with E-state index >= 15 is 0 Å². The summed E-state index contributed by atoms with van der Waals surface area (Å²) in [4.78, 5) is 57.0. The summed E-state index contributed by atoms with van der Waals surface area (Å²) < 4.78 is 5.46. The van der Waals surface area contributed by atoms with E-state index in [1.165, 1.54) is 21.9 Å². The summed E-state index contributed by atoms with van der Waals surface area (Å²) in [5.74, 6) is -2.77. The van der Waals surface area contributed by atoms with Gasteiger partial charge < -0.3 is 20.1 Å². The molecule has 2 amide bonds. The molecule has 0 aromatic heterocycles. The van der Waals surface area contributed by atoms with Crippen LogP contribution in [0.2, 0.25) is 0 Å². The Morgan fingerprint density at radius 1 is 1.07 bits per heavy atom. The Kier molecular flexibility index (Phi) is 8.61. The average Bonchev–Trinajstić information content (AvgIpc) is 3.48. The number of rotatable bonds is 9. The molecule has 3 aliphatic rings. The summed E-state index contributed by atoms with van der Waals surface area (Å²) in [6.45, 7) is 16.3. The zero-order valence-corrected chi connectivity index (χ0v) is 27.2. The maximum absolute atomic E-state index is 14.4. The smallest absolute Gasteiger partial charge is 0.330 e. The van der Waals surface area contributed by atoms with Gasteiger partial charge in [0.05, 0.1) is 12.6 Å². The lowest BCUT2D eigenvalue weighted by atomic mass is 9.85. The van der Waals surface area contributed by atoms with Crippen molar-refractivity contribution in [2.24, 2.45) is 11.3 Å². The van der Waals surface area contributed by atoms with Gasteiger partial charge in [-0.2, -0.15) is 0 Å². The van der Waals surface area contributed by atoms with Crippen molar-refractivity contribution in [2.45, 2.75) is 96.7 Å². The van der Waals surface area contributed by atoms with Gasteiger partial charge in [-0.25, -0.2) is 4.79 Å². The van der Waals surface area contributed by atoms with Crippen LogP contribution in [0.4, 0.5) is 0 Å². The van der Waals surface area contributed by atoms with E-state index in [0.717, 1.165) is 0 Å². The number of carbonyl (C=O) groups is 4. The second-order valence-electron chi connectivity index (χ2n) is 14.8. The topological polar surface area (TPSA) is 128 Å². The van der Waals surface area contributed by atoms with Gasteiger partial charge in [-0.05, 0) is 60.9 Å². The van der Waals surface area contributed by atoms with Gasteiger partial charge in [0.25, 0.3) is 0 Å². The second-order valence-corrected chi connectivity index (χ2v) is 14.8. The van der Waals surface area contributed by atoms with Crippen LogP contribution >= 0.6 is 0 Å². The summed E-state index contributed by atoms with van der Waals surface area (Å²) in [5, 5.41) is 18.3. The zero-order chi connectivity index (χ0) is 32.9. The van der Waals surface area contributed by atoms with E-state index in [4.69, 9.17) is 4.74 Å². The summed E-state index contributed by atoms with van der Waals surface area (Å²) in [6, 6.07) is 10.7. The van der Waals surface area contributed by atoms with Crippen LogP contribution in [0.15, 0.2) is 49.1 Å². The van der Waals surface area contributed by atoms with Crippen LogP contribution in [0.1, 0.15) is 65.5 Å². The van der Waals surface area contributed by atoms with Crippen LogP contribution in [0.5, 0.6) is 0 Å². The number of hydrogen-bond donors (Lipinski definition) is 3. The number of amides is 2. The molecule has 0 unspecified atom stereocenters. The SMILES string of the molecule is C=C[C@@H]1C[C@]1(NC(=O)[C@@H]1C[C@@H](N2Cc3cccc4cccc(c34)C2)CN1C(=O)[C@@H](NCC(=O)OC(C)(C)C)C(C)(C)C)C(=O)O. The van der Waals surface area contributed by atoms with Crippen molar-refractivity contribution in [3.8, 4) is 0 Å². The summed E-state index contributed by atoms with van der Waals surface area (Å²) in [6.07, 6.45) is 2.17. The van der Waals surface area contributed by atoms with Crippen LogP contribution in [0.25, 0.3) is 10.8 Å². The molecule has 0 bridgehead atoms. The highest BCUT2D eigenvalue weighted by molar-refractivity contribution is 5.96. The van der Waals surface area contributed by atoms with Crippen LogP contribution in [-0.2, 0) is 37.0 Å². The van der Waals surface area contributed by atoms with E-state index in [0.29, 0.717) is 26.1 Å². The van der Waals surface area contributed by atoms with Crippen molar-refractivity contribution in [1.29, 1.82) is 0 Å². The van der Waals surface area contributed by atoms with Crippen molar-refractivity contribution in [1.82, 2.24) is 20.4 Å². The van der Waals surface area contributed by atoms with Crippen molar-refractivity contribution in [2.75, 3.05) is 13.1 Å². The number of hydrogen-bond acceptors (Lipinski definition) is 7. The molecule has 2 fully saturated rings. The first-order valence-electron chi connectivity index (χ1n) is 15.7. The molecule has 0 spiro atoms. The molecular weight excluding hydrogens is 572 g/mol. The van der Waals surface area contributed by atoms with Crippen LogP contribution in [-0.4, -0.2) is 81.0 Å². The molecule has 10 heteroatoms. The number of nitrogens with one attached hydrogen (secondary N) is 2. The number of benzene rings is 2. The highest BCUT2D eigenvalue weighted by atomic mass is 16.6. The van der Waals surface area contributed by atoms with E-state index in [9.17, 15) is 24.3 Å². The normalized spacial score (nSPS) is 25.5. The zero-order valence-electron chi connectivity index (χ0n) is 27.2. The fourth-order valence-electron chi connectivity index (χ4n) is 6.90. The second kappa shape index (κ2) is 11.9. The standard InChI is InChI=1S/C35H46N4O6/c1-8-24-16-35(24,32(43)44)37-30(41)26-15-25(38-18-22-13-9-11-21-12-10-14-23(19-38)28(21)22)20-39(26)31(42)29(33(2,3)4)36-17-27(40)45-34(5,6)7/h8-14,24-26,29,36H,1,15-20H2,2-7H3,(H,37,41)(H,43,44)/t24-,25-,26+,29-,35-/m1/s1. The maximum atomic E-state index is 14.4. The number of nitrogens with zero attached hydrogens (tertiary/aromatic N) is 2. The first-order valence-corrected chi connectivity index (χ1v) is 15.7. The molecule has 10 nitrogen and oxygen atoms in total.